The molecule has 2 aromatic rings. The van der Waals surface area contributed by atoms with Gasteiger partial charge in [-0.2, -0.15) is 4.98 Å². The van der Waals surface area contributed by atoms with Crippen LogP contribution in [0.15, 0.2) is 28.8 Å². The Labute approximate surface area is 104 Å². The molecule has 0 radical (unpaired) electrons. The van der Waals surface area contributed by atoms with E-state index in [0.717, 1.165) is 0 Å². The highest BCUT2D eigenvalue weighted by Gasteiger charge is 2.21. The zero-order valence-corrected chi connectivity index (χ0v) is 10.0. The molecule has 0 fully saturated rings. The highest BCUT2D eigenvalue weighted by molar-refractivity contribution is 5.81. The van der Waals surface area contributed by atoms with Gasteiger partial charge in [-0.25, -0.2) is 0 Å². The number of carbonyl (C=O) groups excluding carboxylic acids is 1. The van der Waals surface area contributed by atoms with E-state index in [1.165, 1.54) is 12.1 Å². The molecule has 18 heavy (non-hydrogen) atoms. The minimum atomic E-state index is -0.492. The van der Waals surface area contributed by atoms with E-state index in [1.54, 1.807) is 26.1 Å². The van der Waals surface area contributed by atoms with Crippen molar-refractivity contribution in [1.29, 1.82) is 0 Å². The van der Waals surface area contributed by atoms with E-state index in [2.05, 4.69) is 15.5 Å². The van der Waals surface area contributed by atoms with Crippen LogP contribution in [-0.4, -0.2) is 28.2 Å². The van der Waals surface area contributed by atoms with Gasteiger partial charge in [-0.05, 0) is 31.2 Å². The molecule has 94 valence electrons. The summed E-state index contributed by atoms with van der Waals surface area (Å²) in [5, 5.41) is 15.5. The maximum Gasteiger partial charge on any atom is 0.239 e. The van der Waals surface area contributed by atoms with E-state index in [9.17, 15) is 9.90 Å². The van der Waals surface area contributed by atoms with E-state index in [0.29, 0.717) is 11.4 Å². The number of likely N-dealkylation sites (N-methyl/N-ethyl adjacent to an activating group) is 1. The fourth-order valence-corrected chi connectivity index (χ4v) is 1.47. The van der Waals surface area contributed by atoms with Crippen LogP contribution in [0.1, 0.15) is 18.7 Å². The Hall–Kier alpha value is -2.37. The van der Waals surface area contributed by atoms with Gasteiger partial charge < -0.3 is 14.9 Å². The SMILES string of the molecule is CNC(=O)C(C)c1nc(-c2ccc(O)cc2)no1. The summed E-state index contributed by atoms with van der Waals surface area (Å²) >= 11 is 0. The maximum atomic E-state index is 11.4. The zero-order chi connectivity index (χ0) is 13.1. The summed E-state index contributed by atoms with van der Waals surface area (Å²) in [6.07, 6.45) is 0. The summed E-state index contributed by atoms with van der Waals surface area (Å²) in [5.41, 5.74) is 0.715. The number of aromatic nitrogens is 2. The predicted molar refractivity (Wildman–Crippen MR) is 63.9 cm³/mol. The number of nitrogens with one attached hydrogen (secondary N) is 1. The Morgan fingerprint density at radius 3 is 2.67 bits per heavy atom. The number of hydrogen-bond acceptors (Lipinski definition) is 5. The van der Waals surface area contributed by atoms with Gasteiger partial charge in [0, 0.05) is 12.6 Å². The second-order valence-corrected chi connectivity index (χ2v) is 3.84. The van der Waals surface area contributed by atoms with Crippen LogP contribution in [0.25, 0.3) is 11.4 Å². The number of aromatic hydroxyl groups is 1. The van der Waals surface area contributed by atoms with E-state index < -0.39 is 5.92 Å². The average Bonchev–Trinajstić information content (AvgIpc) is 2.87. The largest absolute Gasteiger partial charge is 0.508 e. The van der Waals surface area contributed by atoms with Crippen molar-refractivity contribution in [2.75, 3.05) is 7.05 Å². The van der Waals surface area contributed by atoms with Gasteiger partial charge in [0.05, 0.1) is 0 Å². The molecule has 1 aromatic heterocycles. The quantitative estimate of drug-likeness (QED) is 0.853. The molecule has 2 N–H and O–H groups in total. The summed E-state index contributed by atoms with van der Waals surface area (Å²) in [4.78, 5) is 15.6. The third-order valence-corrected chi connectivity index (χ3v) is 2.58. The van der Waals surface area contributed by atoms with Gasteiger partial charge in [-0.15, -0.1) is 0 Å². The Balaban J connectivity index is 2.25. The van der Waals surface area contributed by atoms with Gasteiger partial charge in [0.25, 0.3) is 0 Å². The molecule has 1 heterocycles. The normalized spacial score (nSPS) is 12.1. The number of rotatable bonds is 3. The van der Waals surface area contributed by atoms with Crippen LogP contribution in [0.2, 0.25) is 0 Å². The first kappa shape index (κ1) is 12.1. The van der Waals surface area contributed by atoms with Crippen molar-refractivity contribution in [2.45, 2.75) is 12.8 Å². The lowest BCUT2D eigenvalue weighted by Gasteiger charge is -2.02. The van der Waals surface area contributed by atoms with Gasteiger partial charge in [-0.1, -0.05) is 5.16 Å². The third kappa shape index (κ3) is 2.32. The molecule has 1 atom stereocenters. The molecule has 2 rings (SSSR count). The van der Waals surface area contributed by atoms with Crippen molar-refractivity contribution in [3.8, 4) is 17.1 Å². The van der Waals surface area contributed by atoms with Crippen molar-refractivity contribution in [3.05, 3.63) is 30.2 Å². The van der Waals surface area contributed by atoms with Crippen LogP contribution in [0.4, 0.5) is 0 Å². The van der Waals surface area contributed by atoms with Crippen molar-refractivity contribution in [2.24, 2.45) is 0 Å². The molecule has 0 aliphatic rings. The van der Waals surface area contributed by atoms with Crippen LogP contribution in [0.3, 0.4) is 0 Å². The number of phenols is 1. The van der Waals surface area contributed by atoms with Crippen LogP contribution in [-0.2, 0) is 4.79 Å². The maximum absolute atomic E-state index is 11.4. The highest BCUT2D eigenvalue weighted by atomic mass is 16.5. The molecule has 0 saturated carbocycles. The topological polar surface area (TPSA) is 88.2 Å². The van der Waals surface area contributed by atoms with E-state index in [4.69, 9.17) is 4.52 Å². The van der Waals surface area contributed by atoms with Crippen molar-refractivity contribution in [3.63, 3.8) is 0 Å². The lowest BCUT2D eigenvalue weighted by atomic mass is 10.1. The zero-order valence-electron chi connectivity index (χ0n) is 10.0. The second-order valence-electron chi connectivity index (χ2n) is 3.84. The summed E-state index contributed by atoms with van der Waals surface area (Å²) in [7, 11) is 1.55. The smallest absolute Gasteiger partial charge is 0.239 e. The van der Waals surface area contributed by atoms with Crippen LogP contribution < -0.4 is 5.32 Å². The van der Waals surface area contributed by atoms with Gasteiger partial charge in [0.15, 0.2) is 0 Å². The number of amides is 1. The Morgan fingerprint density at radius 2 is 2.06 bits per heavy atom. The Kier molecular flexibility index (Phi) is 3.27. The molecule has 0 spiro atoms. The summed E-state index contributed by atoms with van der Waals surface area (Å²) in [6, 6.07) is 6.42. The molecule has 6 nitrogen and oxygen atoms in total. The van der Waals surface area contributed by atoms with Crippen LogP contribution >= 0.6 is 0 Å². The fraction of sp³-hybridized carbons (Fsp3) is 0.250. The summed E-state index contributed by atoms with van der Waals surface area (Å²) in [6.45, 7) is 1.69. The minimum absolute atomic E-state index is 0.168. The number of phenolic OH excluding ortho intramolecular Hbond substituents is 1. The minimum Gasteiger partial charge on any atom is -0.508 e. The monoisotopic (exact) mass is 247 g/mol. The standard InChI is InChI=1S/C12H13N3O3/c1-7(11(17)13-2)12-14-10(15-18-12)8-3-5-9(16)6-4-8/h3-7,16H,1-2H3,(H,13,17). The second kappa shape index (κ2) is 4.87. The Bertz CT molecular complexity index is 548. The molecule has 1 unspecified atom stereocenters. The van der Waals surface area contributed by atoms with Crippen molar-refractivity contribution < 1.29 is 14.4 Å². The van der Waals surface area contributed by atoms with Crippen molar-refractivity contribution in [1.82, 2.24) is 15.5 Å². The molecular formula is C12H13N3O3. The van der Waals surface area contributed by atoms with E-state index in [1.807, 2.05) is 0 Å². The first-order valence-electron chi connectivity index (χ1n) is 5.46. The molecule has 1 amide bonds. The van der Waals surface area contributed by atoms with Gasteiger partial charge in [0.2, 0.25) is 17.6 Å². The molecule has 1 aromatic carbocycles. The number of nitrogens with zero attached hydrogens (tertiary/aromatic N) is 2. The summed E-state index contributed by atoms with van der Waals surface area (Å²) in [5.74, 6) is 0.142. The fourth-order valence-electron chi connectivity index (χ4n) is 1.47. The first-order chi connectivity index (χ1) is 8.61. The van der Waals surface area contributed by atoms with Crippen molar-refractivity contribution >= 4 is 5.91 Å². The molecule has 6 heteroatoms. The predicted octanol–water partition coefficient (Wildman–Crippen LogP) is 1.29. The van der Waals surface area contributed by atoms with E-state index in [-0.39, 0.29) is 17.5 Å². The van der Waals surface area contributed by atoms with Gasteiger partial charge >= 0.3 is 0 Å². The number of benzene rings is 1. The van der Waals surface area contributed by atoms with E-state index >= 15 is 0 Å². The first-order valence-corrected chi connectivity index (χ1v) is 5.46. The Morgan fingerprint density at radius 1 is 1.39 bits per heavy atom. The van der Waals surface area contributed by atoms with Crippen LogP contribution in [0.5, 0.6) is 5.75 Å². The average molecular weight is 247 g/mol. The highest BCUT2D eigenvalue weighted by Crippen LogP contribution is 2.21. The lowest BCUT2D eigenvalue weighted by Crippen LogP contribution is -2.23. The van der Waals surface area contributed by atoms with Gasteiger partial charge in [0.1, 0.15) is 11.7 Å². The number of carbonyl (C=O) groups is 1. The molecule has 0 bridgehead atoms. The number of hydrogen-bond donors (Lipinski definition) is 2. The molecule has 0 saturated heterocycles. The third-order valence-electron chi connectivity index (χ3n) is 2.58. The summed E-state index contributed by atoms with van der Waals surface area (Å²) < 4.78 is 5.05. The lowest BCUT2D eigenvalue weighted by molar-refractivity contribution is -0.122. The van der Waals surface area contributed by atoms with Crippen LogP contribution in [0, 0.1) is 0 Å². The molecular weight excluding hydrogens is 234 g/mol. The molecule has 0 aliphatic carbocycles. The van der Waals surface area contributed by atoms with Gasteiger partial charge in [-0.3, -0.25) is 4.79 Å². The molecule has 0 aliphatic heterocycles.